The molecule has 0 radical (unpaired) electrons. The van der Waals surface area contributed by atoms with Gasteiger partial charge in [0.05, 0.1) is 6.10 Å². The molecule has 1 nitrogen and oxygen atoms in total. The number of rotatable bonds is 8. The Morgan fingerprint density at radius 3 is 3.00 bits per heavy atom. The van der Waals surface area contributed by atoms with Crippen molar-refractivity contribution >= 4 is 11.8 Å². The number of unbranched alkanes of at least 4 members (excludes halogenated alkanes) is 2. The monoisotopic (exact) mass is 214 g/mol. The van der Waals surface area contributed by atoms with Crippen LogP contribution in [0.25, 0.3) is 0 Å². The van der Waals surface area contributed by atoms with Crippen LogP contribution >= 0.6 is 11.8 Å². The summed E-state index contributed by atoms with van der Waals surface area (Å²) in [6.07, 6.45) is 10.5. The van der Waals surface area contributed by atoms with E-state index in [4.69, 9.17) is 4.74 Å². The lowest BCUT2D eigenvalue weighted by Gasteiger charge is -2.08. The third-order valence-electron chi connectivity index (χ3n) is 2.57. The van der Waals surface area contributed by atoms with Gasteiger partial charge in [0.1, 0.15) is 0 Å². The second kappa shape index (κ2) is 8.37. The summed E-state index contributed by atoms with van der Waals surface area (Å²) in [6.45, 7) is 4.71. The summed E-state index contributed by atoms with van der Waals surface area (Å²) in [5.41, 5.74) is 0. The number of ether oxygens (including phenoxy) is 1. The van der Waals surface area contributed by atoms with Crippen LogP contribution in [-0.4, -0.2) is 24.2 Å². The van der Waals surface area contributed by atoms with E-state index in [9.17, 15) is 0 Å². The summed E-state index contributed by atoms with van der Waals surface area (Å²) < 4.78 is 5.58. The van der Waals surface area contributed by atoms with Crippen molar-refractivity contribution in [3.05, 3.63) is 12.7 Å². The molecule has 1 rings (SSSR count). The molecule has 0 bridgehead atoms. The minimum Gasteiger partial charge on any atom is -0.378 e. The first-order valence-electron chi connectivity index (χ1n) is 5.73. The Hall–Kier alpha value is 0.0500. The molecular weight excluding hydrogens is 192 g/mol. The Labute approximate surface area is 92.3 Å². The molecule has 0 aromatic carbocycles. The van der Waals surface area contributed by atoms with Crippen LogP contribution in [0.5, 0.6) is 0 Å². The van der Waals surface area contributed by atoms with Gasteiger partial charge in [0, 0.05) is 12.4 Å². The normalized spacial score (nSPS) is 21.3. The molecule has 1 unspecified atom stereocenters. The Balaban J connectivity index is 1.77. The molecule has 0 N–H and O–H groups in total. The first-order valence-corrected chi connectivity index (χ1v) is 6.89. The van der Waals surface area contributed by atoms with E-state index in [1.165, 1.54) is 44.3 Å². The van der Waals surface area contributed by atoms with Gasteiger partial charge < -0.3 is 4.74 Å². The van der Waals surface area contributed by atoms with Gasteiger partial charge in [0.2, 0.25) is 0 Å². The molecule has 2 heteroatoms. The maximum Gasteiger partial charge on any atom is 0.0576 e. The molecular formula is C12H22OS. The smallest absolute Gasteiger partial charge is 0.0576 e. The first kappa shape index (κ1) is 12.1. The van der Waals surface area contributed by atoms with Crippen LogP contribution in [0.15, 0.2) is 12.7 Å². The molecule has 1 heterocycles. The Bertz CT molecular complexity index is 141. The molecule has 0 aliphatic carbocycles. The van der Waals surface area contributed by atoms with Crippen molar-refractivity contribution in [2.24, 2.45) is 0 Å². The van der Waals surface area contributed by atoms with Crippen molar-refractivity contribution in [1.29, 1.82) is 0 Å². The molecule has 0 aromatic rings. The molecule has 1 aliphatic heterocycles. The van der Waals surface area contributed by atoms with Crippen LogP contribution in [-0.2, 0) is 4.74 Å². The SMILES string of the molecule is C=CCSCCCCCC1CCCO1. The Kier molecular flexibility index (Phi) is 7.24. The lowest BCUT2D eigenvalue weighted by atomic mass is 10.1. The Morgan fingerprint density at radius 2 is 2.29 bits per heavy atom. The van der Waals surface area contributed by atoms with E-state index in [-0.39, 0.29) is 0 Å². The standard InChI is InChI=1S/C12H22OS/c1-2-10-14-11-5-3-4-7-12-8-6-9-13-12/h2,12H,1,3-11H2. The van der Waals surface area contributed by atoms with Crippen molar-refractivity contribution in [1.82, 2.24) is 0 Å². The van der Waals surface area contributed by atoms with Gasteiger partial charge in [0.15, 0.2) is 0 Å². The highest BCUT2D eigenvalue weighted by atomic mass is 32.2. The van der Waals surface area contributed by atoms with E-state index in [0.717, 1.165) is 12.4 Å². The van der Waals surface area contributed by atoms with Gasteiger partial charge >= 0.3 is 0 Å². The van der Waals surface area contributed by atoms with Crippen LogP contribution in [0, 0.1) is 0 Å². The summed E-state index contributed by atoms with van der Waals surface area (Å²) in [6, 6.07) is 0. The van der Waals surface area contributed by atoms with Crippen LogP contribution < -0.4 is 0 Å². The van der Waals surface area contributed by atoms with Crippen LogP contribution in [0.3, 0.4) is 0 Å². The predicted octanol–water partition coefficient (Wildman–Crippen LogP) is 3.65. The molecule has 0 aromatic heterocycles. The average molecular weight is 214 g/mol. The fourth-order valence-corrected chi connectivity index (χ4v) is 2.53. The van der Waals surface area contributed by atoms with Crippen molar-refractivity contribution in [3.8, 4) is 0 Å². The predicted molar refractivity (Wildman–Crippen MR) is 65.0 cm³/mol. The van der Waals surface area contributed by atoms with Crippen molar-refractivity contribution in [2.45, 2.75) is 44.6 Å². The van der Waals surface area contributed by atoms with Crippen LogP contribution in [0.2, 0.25) is 0 Å². The van der Waals surface area contributed by atoms with E-state index in [0.29, 0.717) is 6.10 Å². The van der Waals surface area contributed by atoms with Crippen molar-refractivity contribution in [2.75, 3.05) is 18.1 Å². The van der Waals surface area contributed by atoms with Crippen molar-refractivity contribution < 1.29 is 4.74 Å². The van der Waals surface area contributed by atoms with Crippen LogP contribution in [0.1, 0.15) is 38.5 Å². The fraction of sp³-hybridized carbons (Fsp3) is 0.833. The van der Waals surface area contributed by atoms with E-state index in [1.54, 1.807) is 0 Å². The second-order valence-corrected chi connectivity index (χ2v) is 5.00. The summed E-state index contributed by atoms with van der Waals surface area (Å²) >= 11 is 1.99. The largest absolute Gasteiger partial charge is 0.378 e. The summed E-state index contributed by atoms with van der Waals surface area (Å²) in [7, 11) is 0. The van der Waals surface area contributed by atoms with Gasteiger partial charge in [0.25, 0.3) is 0 Å². The average Bonchev–Trinajstić information content (AvgIpc) is 2.69. The zero-order valence-corrected chi connectivity index (χ0v) is 9.86. The number of thioether (sulfide) groups is 1. The summed E-state index contributed by atoms with van der Waals surface area (Å²) in [5, 5.41) is 0. The second-order valence-electron chi connectivity index (χ2n) is 3.85. The summed E-state index contributed by atoms with van der Waals surface area (Å²) in [5.74, 6) is 2.39. The zero-order valence-electron chi connectivity index (χ0n) is 9.04. The first-order chi connectivity index (χ1) is 6.93. The summed E-state index contributed by atoms with van der Waals surface area (Å²) in [4.78, 5) is 0. The highest BCUT2D eigenvalue weighted by molar-refractivity contribution is 7.99. The molecule has 14 heavy (non-hydrogen) atoms. The van der Waals surface area contributed by atoms with E-state index in [1.807, 2.05) is 17.8 Å². The maximum absolute atomic E-state index is 5.58. The highest BCUT2D eigenvalue weighted by Gasteiger charge is 2.13. The van der Waals surface area contributed by atoms with E-state index in [2.05, 4.69) is 6.58 Å². The molecule has 0 spiro atoms. The minimum absolute atomic E-state index is 0.593. The third-order valence-corrected chi connectivity index (χ3v) is 3.62. The molecule has 1 aliphatic rings. The van der Waals surface area contributed by atoms with Gasteiger partial charge in [-0.1, -0.05) is 18.9 Å². The van der Waals surface area contributed by atoms with Gasteiger partial charge in [-0.05, 0) is 31.4 Å². The third kappa shape index (κ3) is 5.71. The fourth-order valence-electron chi connectivity index (χ4n) is 1.79. The maximum atomic E-state index is 5.58. The molecule has 1 saturated heterocycles. The lowest BCUT2D eigenvalue weighted by molar-refractivity contribution is 0.102. The molecule has 1 atom stereocenters. The molecule has 0 saturated carbocycles. The zero-order chi connectivity index (χ0) is 10.1. The van der Waals surface area contributed by atoms with Gasteiger partial charge in [-0.2, -0.15) is 11.8 Å². The van der Waals surface area contributed by atoms with E-state index >= 15 is 0 Å². The molecule has 1 fully saturated rings. The van der Waals surface area contributed by atoms with E-state index < -0.39 is 0 Å². The molecule has 82 valence electrons. The number of hydrogen-bond acceptors (Lipinski definition) is 2. The minimum atomic E-state index is 0.593. The highest BCUT2D eigenvalue weighted by Crippen LogP contribution is 2.18. The van der Waals surface area contributed by atoms with Gasteiger partial charge in [-0.3, -0.25) is 0 Å². The van der Waals surface area contributed by atoms with Crippen molar-refractivity contribution in [3.63, 3.8) is 0 Å². The topological polar surface area (TPSA) is 9.23 Å². The van der Waals surface area contributed by atoms with Gasteiger partial charge in [-0.25, -0.2) is 0 Å². The molecule has 0 amide bonds. The quantitative estimate of drug-likeness (QED) is 0.450. The lowest BCUT2D eigenvalue weighted by Crippen LogP contribution is -2.03. The van der Waals surface area contributed by atoms with Crippen LogP contribution in [0.4, 0.5) is 0 Å². The Morgan fingerprint density at radius 1 is 1.36 bits per heavy atom. The van der Waals surface area contributed by atoms with Gasteiger partial charge in [-0.15, -0.1) is 6.58 Å². The number of hydrogen-bond donors (Lipinski definition) is 0.